The first-order chi connectivity index (χ1) is 8.79. The van der Waals surface area contributed by atoms with E-state index < -0.39 is 0 Å². The summed E-state index contributed by atoms with van der Waals surface area (Å²) in [6, 6.07) is 0.864. The van der Waals surface area contributed by atoms with E-state index in [9.17, 15) is 0 Å². The highest BCUT2D eigenvalue weighted by atomic mass is 15.2. The molecule has 0 radical (unpaired) electrons. The Balaban J connectivity index is 1.84. The van der Waals surface area contributed by atoms with Crippen LogP contribution in [0.3, 0.4) is 0 Å². The van der Waals surface area contributed by atoms with Crippen LogP contribution in [0.25, 0.3) is 0 Å². The maximum absolute atomic E-state index is 3.50. The van der Waals surface area contributed by atoms with Crippen molar-refractivity contribution in [2.45, 2.75) is 64.8 Å². The minimum atomic E-state index is 0.864. The van der Waals surface area contributed by atoms with E-state index in [1.54, 1.807) is 0 Å². The van der Waals surface area contributed by atoms with E-state index in [1.165, 1.54) is 71.1 Å². The fourth-order valence-corrected chi connectivity index (χ4v) is 3.94. The molecule has 106 valence electrons. The number of nitrogens with zero attached hydrogens (tertiary/aromatic N) is 1. The molecule has 2 fully saturated rings. The Kier molecular flexibility index (Phi) is 5.97. The lowest BCUT2D eigenvalue weighted by Crippen LogP contribution is -2.45. The summed E-state index contributed by atoms with van der Waals surface area (Å²) in [6.45, 7) is 9.93. The van der Waals surface area contributed by atoms with Gasteiger partial charge < -0.3 is 10.2 Å². The summed E-state index contributed by atoms with van der Waals surface area (Å²) in [7, 11) is 0. The molecule has 1 heterocycles. The van der Waals surface area contributed by atoms with E-state index in [0.717, 1.165) is 17.9 Å². The van der Waals surface area contributed by atoms with E-state index in [4.69, 9.17) is 0 Å². The van der Waals surface area contributed by atoms with E-state index in [-0.39, 0.29) is 0 Å². The molecular formula is C16H32N2. The quantitative estimate of drug-likeness (QED) is 0.808. The molecule has 2 heteroatoms. The first-order valence-electron chi connectivity index (χ1n) is 8.24. The summed E-state index contributed by atoms with van der Waals surface area (Å²) in [5.74, 6) is 1.95. The average Bonchev–Trinajstić information content (AvgIpc) is 2.39. The molecule has 2 aliphatic rings. The van der Waals surface area contributed by atoms with Gasteiger partial charge in [0.15, 0.2) is 0 Å². The van der Waals surface area contributed by atoms with Gasteiger partial charge in [0, 0.05) is 12.6 Å². The summed E-state index contributed by atoms with van der Waals surface area (Å²) in [5.41, 5.74) is 0. The third-order valence-electron chi connectivity index (χ3n) is 4.87. The Hall–Kier alpha value is -0.0800. The van der Waals surface area contributed by atoms with Gasteiger partial charge in [-0.05, 0) is 63.6 Å². The Morgan fingerprint density at radius 2 is 1.89 bits per heavy atom. The summed E-state index contributed by atoms with van der Waals surface area (Å²) < 4.78 is 0. The average molecular weight is 252 g/mol. The molecule has 18 heavy (non-hydrogen) atoms. The van der Waals surface area contributed by atoms with Crippen molar-refractivity contribution in [3.05, 3.63) is 0 Å². The molecule has 0 aromatic carbocycles. The van der Waals surface area contributed by atoms with Crippen LogP contribution in [0, 0.1) is 11.8 Å². The maximum Gasteiger partial charge on any atom is 0.0119 e. The third-order valence-corrected chi connectivity index (χ3v) is 4.87. The van der Waals surface area contributed by atoms with Crippen LogP contribution in [0.1, 0.15) is 58.8 Å². The van der Waals surface area contributed by atoms with Gasteiger partial charge in [0.1, 0.15) is 0 Å². The molecule has 2 unspecified atom stereocenters. The second kappa shape index (κ2) is 7.49. The number of rotatable bonds is 5. The van der Waals surface area contributed by atoms with Crippen LogP contribution in [0.15, 0.2) is 0 Å². The van der Waals surface area contributed by atoms with Gasteiger partial charge in [-0.2, -0.15) is 0 Å². The van der Waals surface area contributed by atoms with Crippen LogP contribution in [0.5, 0.6) is 0 Å². The van der Waals surface area contributed by atoms with Gasteiger partial charge in [-0.1, -0.05) is 26.7 Å². The molecule has 0 amide bonds. The lowest BCUT2D eigenvalue weighted by molar-refractivity contribution is 0.116. The van der Waals surface area contributed by atoms with Crippen molar-refractivity contribution in [2.75, 3.05) is 26.2 Å². The van der Waals surface area contributed by atoms with Gasteiger partial charge in [-0.25, -0.2) is 0 Å². The van der Waals surface area contributed by atoms with Crippen molar-refractivity contribution in [3.63, 3.8) is 0 Å². The second-order valence-electron chi connectivity index (χ2n) is 6.61. The van der Waals surface area contributed by atoms with Crippen molar-refractivity contribution in [3.8, 4) is 0 Å². The molecule has 1 aliphatic heterocycles. The van der Waals surface area contributed by atoms with Gasteiger partial charge in [0.25, 0.3) is 0 Å². The minimum absolute atomic E-state index is 0.864. The zero-order chi connectivity index (χ0) is 12.8. The van der Waals surface area contributed by atoms with Gasteiger partial charge in [-0.15, -0.1) is 0 Å². The maximum atomic E-state index is 3.50. The standard InChI is InChI=1S/C16H32N2/c1-3-11-18(16-7-9-17-10-8-16)13-15-6-4-5-14(2)12-15/h14-17H,3-13H2,1-2H3. The SMILES string of the molecule is CCCN(CC1CCCC(C)C1)C1CCNCC1. The summed E-state index contributed by atoms with van der Waals surface area (Å²) in [4.78, 5) is 2.82. The van der Waals surface area contributed by atoms with E-state index in [0.29, 0.717) is 0 Å². The predicted molar refractivity (Wildman–Crippen MR) is 78.9 cm³/mol. The number of hydrogen-bond acceptors (Lipinski definition) is 2. The van der Waals surface area contributed by atoms with Crippen molar-refractivity contribution in [1.82, 2.24) is 10.2 Å². The van der Waals surface area contributed by atoms with Gasteiger partial charge in [0.05, 0.1) is 0 Å². The normalized spacial score (nSPS) is 30.8. The number of piperidine rings is 1. The van der Waals surface area contributed by atoms with Crippen LogP contribution in [0.4, 0.5) is 0 Å². The fraction of sp³-hybridized carbons (Fsp3) is 1.00. The molecule has 0 aromatic rings. The lowest BCUT2D eigenvalue weighted by Gasteiger charge is -2.38. The van der Waals surface area contributed by atoms with Crippen molar-refractivity contribution < 1.29 is 0 Å². The monoisotopic (exact) mass is 252 g/mol. The van der Waals surface area contributed by atoms with Crippen LogP contribution in [-0.4, -0.2) is 37.1 Å². The Morgan fingerprint density at radius 3 is 2.56 bits per heavy atom. The molecular weight excluding hydrogens is 220 g/mol. The molecule has 2 atom stereocenters. The molecule has 2 nitrogen and oxygen atoms in total. The number of nitrogens with one attached hydrogen (secondary N) is 1. The van der Waals surface area contributed by atoms with Crippen molar-refractivity contribution >= 4 is 0 Å². The van der Waals surface area contributed by atoms with E-state index in [1.807, 2.05) is 0 Å². The predicted octanol–water partition coefficient (Wildman–Crippen LogP) is 3.28. The Bertz CT molecular complexity index is 223. The van der Waals surface area contributed by atoms with E-state index >= 15 is 0 Å². The Morgan fingerprint density at radius 1 is 1.11 bits per heavy atom. The molecule has 0 aromatic heterocycles. The molecule has 0 spiro atoms. The largest absolute Gasteiger partial charge is 0.317 e. The van der Waals surface area contributed by atoms with Gasteiger partial charge in [-0.3, -0.25) is 0 Å². The molecule has 1 saturated carbocycles. The topological polar surface area (TPSA) is 15.3 Å². The summed E-state index contributed by atoms with van der Waals surface area (Å²) >= 11 is 0. The first-order valence-corrected chi connectivity index (χ1v) is 8.24. The number of hydrogen-bond donors (Lipinski definition) is 1. The molecule has 1 aliphatic carbocycles. The van der Waals surface area contributed by atoms with Crippen LogP contribution < -0.4 is 5.32 Å². The molecule has 2 rings (SSSR count). The molecule has 1 saturated heterocycles. The van der Waals surface area contributed by atoms with Crippen molar-refractivity contribution in [2.24, 2.45) is 11.8 Å². The summed E-state index contributed by atoms with van der Waals surface area (Å²) in [5, 5.41) is 3.50. The smallest absolute Gasteiger partial charge is 0.0119 e. The fourth-order valence-electron chi connectivity index (χ4n) is 3.94. The summed E-state index contributed by atoms with van der Waals surface area (Å²) in [6.07, 6.45) is 9.94. The highest BCUT2D eigenvalue weighted by Gasteiger charge is 2.25. The lowest BCUT2D eigenvalue weighted by atomic mass is 9.82. The molecule has 0 bridgehead atoms. The minimum Gasteiger partial charge on any atom is -0.317 e. The third kappa shape index (κ3) is 4.24. The highest BCUT2D eigenvalue weighted by molar-refractivity contribution is 4.81. The van der Waals surface area contributed by atoms with Crippen molar-refractivity contribution in [1.29, 1.82) is 0 Å². The van der Waals surface area contributed by atoms with Crippen LogP contribution >= 0.6 is 0 Å². The highest BCUT2D eigenvalue weighted by Crippen LogP contribution is 2.30. The first kappa shape index (κ1) is 14.3. The molecule has 1 N–H and O–H groups in total. The zero-order valence-corrected chi connectivity index (χ0v) is 12.5. The van der Waals surface area contributed by atoms with Gasteiger partial charge >= 0.3 is 0 Å². The van der Waals surface area contributed by atoms with Gasteiger partial charge in [0.2, 0.25) is 0 Å². The van der Waals surface area contributed by atoms with Crippen LogP contribution in [-0.2, 0) is 0 Å². The van der Waals surface area contributed by atoms with E-state index in [2.05, 4.69) is 24.1 Å². The second-order valence-corrected chi connectivity index (χ2v) is 6.61. The Labute approximate surface area is 114 Å². The zero-order valence-electron chi connectivity index (χ0n) is 12.5. The van der Waals surface area contributed by atoms with Crippen LogP contribution in [0.2, 0.25) is 0 Å².